The molecule has 0 radical (unpaired) electrons. The number of pyridine rings is 1. The molecule has 4 nitrogen and oxygen atoms in total. The predicted octanol–water partition coefficient (Wildman–Crippen LogP) is 2.26. The Balaban J connectivity index is 2.04. The van der Waals surface area contributed by atoms with Crippen LogP contribution in [0.25, 0.3) is 0 Å². The summed E-state index contributed by atoms with van der Waals surface area (Å²) in [6, 6.07) is 12.3. The second-order valence-corrected chi connectivity index (χ2v) is 4.59. The number of hydrogen-bond acceptors (Lipinski definition) is 3. The van der Waals surface area contributed by atoms with Gasteiger partial charge in [-0.1, -0.05) is 41.8 Å². The maximum atomic E-state index is 12.0. The van der Waals surface area contributed by atoms with E-state index in [1.165, 1.54) is 0 Å². The number of aliphatic hydroxyl groups excluding tert-OH is 1. The number of nitrogens with one attached hydrogen (secondary N) is 1. The quantitative estimate of drug-likeness (QED) is 0.855. The Kier molecular flexibility index (Phi) is 5.33. The Labute approximate surface area is 127 Å². The topological polar surface area (TPSA) is 62.2 Å². The Morgan fingerprint density at radius 2 is 2.05 bits per heavy atom. The lowest BCUT2D eigenvalue weighted by Gasteiger charge is -2.06. The van der Waals surface area contributed by atoms with E-state index in [1.54, 1.807) is 30.3 Å². The summed E-state index contributed by atoms with van der Waals surface area (Å²) in [4.78, 5) is 16.1. The molecule has 0 aliphatic carbocycles. The van der Waals surface area contributed by atoms with Crippen molar-refractivity contribution < 1.29 is 9.90 Å². The van der Waals surface area contributed by atoms with E-state index in [0.29, 0.717) is 16.5 Å². The minimum atomic E-state index is -0.231. The lowest BCUT2D eigenvalue weighted by molar-refractivity contribution is -0.115. The first kappa shape index (κ1) is 15.0. The lowest BCUT2D eigenvalue weighted by atomic mass is 10.1. The Morgan fingerprint density at radius 1 is 1.24 bits per heavy atom. The van der Waals surface area contributed by atoms with E-state index in [4.69, 9.17) is 16.7 Å². The number of carbonyl (C=O) groups is 1. The van der Waals surface area contributed by atoms with Gasteiger partial charge in [0.15, 0.2) is 0 Å². The minimum Gasteiger partial charge on any atom is -0.384 e. The monoisotopic (exact) mass is 300 g/mol. The molecule has 1 aromatic heterocycles. The van der Waals surface area contributed by atoms with Crippen molar-refractivity contribution in [3.05, 3.63) is 58.7 Å². The SMILES string of the molecule is O=C(Cc1ccccc1Cl)Nc1cccc(C#CCO)n1. The third-order valence-electron chi connectivity index (χ3n) is 2.62. The zero-order valence-corrected chi connectivity index (χ0v) is 11.9. The van der Waals surface area contributed by atoms with Gasteiger partial charge in [-0.15, -0.1) is 0 Å². The van der Waals surface area contributed by atoms with Crippen molar-refractivity contribution in [2.45, 2.75) is 6.42 Å². The summed E-state index contributed by atoms with van der Waals surface area (Å²) < 4.78 is 0. The van der Waals surface area contributed by atoms with Gasteiger partial charge in [-0.2, -0.15) is 0 Å². The number of anilines is 1. The summed E-state index contributed by atoms with van der Waals surface area (Å²) in [5, 5.41) is 11.9. The fourth-order valence-corrected chi connectivity index (χ4v) is 1.91. The van der Waals surface area contributed by atoms with Crippen LogP contribution in [0.5, 0.6) is 0 Å². The van der Waals surface area contributed by atoms with Crippen LogP contribution in [0.3, 0.4) is 0 Å². The molecule has 2 aromatic rings. The summed E-state index contributed by atoms with van der Waals surface area (Å²) >= 11 is 6.02. The highest BCUT2D eigenvalue weighted by Gasteiger charge is 2.07. The number of rotatable bonds is 3. The highest BCUT2D eigenvalue weighted by molar-refractivity contribution is 6.31. The van der Waals surface area contributed by atoms with Crippen molar-refractivity contribution in [2.24, 2.45) is 0 Å². The van der Waals surface area contributed by atoms with Gasteiger partial charge in [0.05, 0.1) is 6.42 Å². The smallest absolute Gasteiger partial charge is 0.230 e. The van der Waals surface area contributed by atoms with E-state index in [9.17, 15) is 4.79 Å². The van der Waals surface area contributed by atoms with Crippen LogP contribution in [-0.2, 0) is 11.2 Å². The van der Waals surface area contributed by atoms with Gasteiger partial charge in [0.2, 0.25) is 5.91 Å². The van der Waals surface area contributed by atoms with Crippen LogP contribution in [0.15, 0.2) is 42.5 Å². The maximum Gasteiger partial charge on any atom is 0.230 e. The number of halogens is 1. The second kappa shape index (κ2) is 7.44. The standard InChI is InChI=1S/C16H13ClN2O2/c17-14-8-2-1-5-12(14)11-16(21)19-15-9-3-6-13(18-15)7-4-10-20/h1-3,5-6,8-9,20H,10-11H2,(H,18,19,21). The molecule has 1 aromatic carbocycles. The fraction of sp³-hybridized carbons (Fsp3) is 0.125. The zero-order valence-electron chi connectivity index (χ0n) is 11.1. The number of amides is 1. The van der Waals surface area contributed by atoms with E-state index in [1.807, 2.05) is 12.1 Å². The predicted molar refractivity (Wildman–Crippen MR) is 82.0 cm³/mol. The van der Waals surface area contributed by atoms with Gasteiger partial charge >= 0.3 is 0 Å². The molecule has 1 amide bonds. The molecule has 0 bridgehead atoms. The average molecular weight is 301 g/mol. The van der Waals surface area contributed by atoms with Crippen LogP contribution in [-0.4, -0.2) is 22.6 Å². The largest absolute Gasteiger partial charge is 0.384 e. The van der Waals surface area contributed by atoms with Crippen LogP contribution in [0.4, 0.5) is 5.82 Å². The van der Waals surface area contributed by atoms with E-state index in [-0.39, 0.29) is 18.9 Å². The third kappa shape index (κ3) is 4.60. The van der Waals surface area contributed by atoms with Gasteiger partial charge < -0.3 is 10.4 Å². The Hall–Kier alpha value is -2.35. The first-order valence-electron chi connectivity index (χ1n) is 6.29. The molecular formula is C16H13ClN2O2. The van der Waals surface area contributed by atoms with Gasteiger partial charge in [-0.3, -0.25) is 4.79 Å². The molecule has 21 heavy (non-hydrogen) atoms. The van der Waals surface area contributed by atoms with Crippen molar-refractivity contribution >= 4 is 23.3 Å². The summed E-state index contributed by atoms with van der Waals surface area (Å²) in [5.41, 5.74) is 1.24. The van der Waals surface area contributed by atoms with Gasteiger partial charge in [0.25, 0.3) is 0 Å². The Morgan fingerprint density at radius 3 is 2.81 bits per heavy atom. The highest BCUT2D eigenvalue weighted by atomic mass is 35.5. The summed E-state index contributed by atoms with van der Waals surface area (Å²) in [5.74, 6) is 5.40. The molecule has 0 aliphatic heterocycles. The third-order valence-corrected chi connectivity index (χ3v) is 2.99. The van der Waals surface area contributed by atoms with Crippen LogP contribution in [0.1, 0.15) is 11.3 Å². The normalized spacial score (nSPS) is 9.62. The van der Waals surface area contributed by atoms with Crippen LogP contribution in [0, 0.1) is 11.8 Å². The molecule has 5 heteroatoms. The molecule has 0 spiro atoms. The van der Waals surface area contributed by atoms with Gasteiger partial charge in [-0.05, 0) is 29.7 Å². The van der Waals surface area contributed by atoms with Crippen LogP contribution < -0.4 is 5.32 Å². The number of hydrogen-bond donors (Lipinski definition) is 2. The Bertz CT molecular complexity index is 705. The lowest BCUT2D eigenvalue weighted by Crippen LogP contribution is -2.15. The molecule has 2 rings (SSSR count). The molecule has 106 valence electrons. The number of aromatic nitrogens is 1. The zero-order chi connectivity index (χ0) is 15.1. The van der Waals surface area contributed by atoms with E-state index < -0.39 is 0 Å². The molecule has 2 N–H and O–H groups in total. The van der Waals surface area contributed by atoms with Crippen LogP contribution >= 0.6 is 11.6 Å². The van der Waals surface area contributed by atoms with Crippen molar-refractivity contribution in [2.75, 3.05) is 11.9 Å². The number of benzene rings is 1. The molecule has 0 saturated heterocycles. The summed E-state index contributed by atoms with van der Waals surface area (Å²) in [7, 11) is 0. The first-order valence-corrected chi connectivity index (χ1v) is 6.67. The molecule has 0 aliphatic rings. The number of nitrogens with zero attached hydrogens (tertiary/aromatic N) is 1. The van der Waals surface area contributed by atoms with Gasteiger partial charge in [-0.25, -0.2) is 4.98 Å². The number of aliphatic hydroxyl groups is 1. The van der Waals surface area contributed by atoms with Crippen molar-refractivity contribution in [1.82, 2.24) is 4.98 Å². The maximum absolute atomic E-state index is 12.0. The number of carbonyl (C=O) groups excluding carboxylic acids is 1. The molecule has 0 fully saturated rings. The van der Waals surface area contributed by atoms with E-state index in [2.05, 4.69) is 22.1 Å². The van der Waals surface area contributed by atoms with Crippen LogP contribution in [0.2, 0.25) is 5.02 Å². The molecule has 1 heterocycles. The molecule has 0 atom stereocenters. The van der Waals surface area contributed by atoms with Gasteiger partial charge in [0, 0.05) is 5.02 Å². The summed E-state index contributed by atoms with van der Waals surface area (Å²) in [6.45, 7) is -0.231. The second-order valence-electron chi connectivity index (χ2n) is 4.18. The average Bonchev–Trinajstić information content (AvgIpc) is 2.48. The summed E-state index contributed by atoms with van der Waals surface area (Å²) in [6.07, 6.45) is 0.175. The molecule has 0 unspecified atom stereocenters. The van der Waals surface area contributed by atoms with Gasteiger partial charge in [0.1, 0.15) is 18.1 Å². The van der Waals surface area contributed by atoms with E-state index in [0.717, 1.165) is 5.56 Å². The van der Waals surface area contributed by atoms with Crippen molar-refractivity contribution in [3.8, 4) is 11.8 Å². The van der Waals surface area contributed by atoms with E-state index >= 15 is 0 Å². The minimum absolute atomic E-state index is 0.175. The molecular weight excluding hydrogens is 288 g/mol. The fourth-order valence-electron chi connectivity index (χ4n) is 1.71. The van der Waals surface area contributed by atoms with Crippen molar-refractivity contribution in [1.29, 1.82) is 0 Å². The first-order chi connectivity index (χ1) is 10.2. The highest BCUT2D eigenvalue weighted by Crippen LogP contribution is 2.16. The molecule has 0 saturated carbocycles. The van der Waals surface area contributed by atoms with Crippen molar-refractivity contribution in [3.63, 3.8) is 0 Å².